The molecule has 0 heterocycles. The van der Waals surface area contributed by atoms with Crippen LogP contribution in [0.1, 0.15) is 19.4 Å². The second-order valence-corrected chi connectivity index (χ2v) is 4.88. The largest absolute Gasteiger partial charge is 0.489 e. The summed E-state index contributed by atoms with van der Waals surface area (Å²) in [6.45, 7) is 3.60. The maximum Gasteiger partial charge on any atom is 0.133 e. The molecule has 0 bridgehead atoms. The molecule has 3 nitrogen and oxygen atoms in total. The Bertz CT molecular complexity index is 331. The van der Waals surface area contributed by atoms with E-state index in [1.807, 2.05) is 0 Å². The zero-order valence-corrected chi connectivity index (χ0v) is 10.4. The topological polar surface area (TPSA) is 49.7 Å². The summed E-state index contributed by atoms with van der Waals surface area (Å²) in [5, 5.41) is 18.4. The third-order valence-electron chi connectivity index (χ3n) is 1.76. The number of hydrogen-bond acceptors (Lipinski definition) is 3. The highest BCUT2D eigenvalue weighted by molar-refractivity contribution is 9.10. The Hall–Kier alpha value is -0.580. The highest BCUT2D eigenvalue weighted by atomic mass is 79.9. The van der Waals surface area contributed by atoms with E-state index in [-0.39, 0.29) is 13.2 Å². The smallest absolute Gasteiger partial charge is 0.133 e. The Balaban J connectivity index is 2.70. The molecule has 1 aromatic rings. The van der Waals surface area contributed by atoms with Gasteiger partial charge in [-0.25, -0.2) is 0 Å². The van der Waals surface area contributed by atoms with Gasteiger partial charge in [0.15, 0.2) is 0 Å². The Labute approximate surface area is 97.8 Å². The summed E-state index contributed by atoms with van der Waals surface area (Å²) in [6.07, 6.45) is 0. The van der Waals surface area contributed by atoms with Crippen LogP contribution in [0.25, 0.3) is 0 Å². The third kappa shape index (κ3) is 4.20. The van der Waals surface area contributed by atoms with E-state index in [2.05, 4.69) is 15.9 Å². The van der Waals surface area contributed by atoms with Crippen molar-refractivity contribution in [2.24, 2.45) is 0 Å². The van der Waals surface area contributed by atoms with Crippen molar-refractivity contribution in [2.45, 2.75) is 26.1 Å². The van der Waals surface area contributed by atoms with Crippen molar-refractivity contribution in [3.8, 4) is 5.75 Å². The normalized spacial score (nSPS) is 11.5. The fourth-order valence-corrected chi connectivity index (χ4v) is 1.55. The number of aliphatic hydroxyl groups is 2. The Morgan fingerprint density at radius 3 is 2.53 bits per heavy atom. The summed E-state index contributed by atoms with van der Waals surface area (Å²) in [5.41, 5.74) is -0.0350. The van der Waals surface area contributed by atoms with E-state index in [0.717, 1.165) is 10.0 Å². The lowest BCUT2D eigenvalue weighted by Gasteiger charge is -2.18. The lowest BCUT2D eigenvalue weighted by Crippen LogP contribution is -2.27. The standard InChI is InChI=1S/C11H15BrO3/c1-11(2,14)7-15-10-4-3-8(6-13)5-9(10)12/h3-5,13-14H,6-7H2,1-2H3. The first kappa shape index (κ1) is 12.5. The number of benzene rings is 1. The molecule has 0 saturated heterocycles. The van der Waals surface area contributed by atoms with E-state index in [1.54, 1.807) is 32.0 Å². The second-order valence-electron chi connectivity index (χ2n) is 4.02. The van der Waals surface area contributed by atoms with E-state index in [9.17, 15) is 5.11 Å². The van der Waals surface area contributed by atoms with Gasteiger partial charge in [0.1, 0.15) is 12.4 Å². The van der Waals surface area contributed by atoms with Crippen LogP contribution in [0.15, 0.2) is 22.7 Å². The van der Waals surface area contributed by atoms with Gasteiger partial charge in [0, 0.05) is 0 Å². The zero-order chi connectivity index (χ0) is 11.5. The molecule has 0 atom stereocenters. The second kappa shape index (κ2) is 4.96. The molecular formula is C11H15BrO3. The number of ether oxygens (including phenoxy) is 1. The van der Waals surface area contributed by atoms with Crippen molar-refractivity contribution >= 4 is 15.9 Å². The molecule has 0 unspecified atom stereocenters. The Kier molecular flexibility index (Phi) is 4.13. The Morgan fingerprint density at radius 2 is 2.07 bits per heavy atom. The quantitative estimate of drug-likeness (QED) is 0.884. The van der Waals surface area contributed by atoms with Crippen LogP contribution >= 0.6 is 15.9 Å². The molecule has 1 aromatic carbocycles. The van der Waals surface area contributed by atoms with Crippen molar-refractivity contribution < 1.29 is 14.9 Å². The first-order chi connectivity index (χ1) is 6.92. The highest BCUT2D eigenvalue weighted by Crippen LogP contribution is 2.26. The molecule has 0 radical (unpaired) electrons. The van der Waals surface area contributed by atoms with Gasteiger partial charge in [0.25, 0.3) is 0 Å². The number of halogens is 1. The summed E-state index contributed by atoms with van der Waals surface area (Å²) in [6, 6.07) is 5.34. The van der Waals surface area contributed by atoms with Gasteiger partial charge in [-0.2, -0.15) is 0 Å². The lowest BCUT2D eigenvalue weighted by molar-refractivity contribution is 0.0282. The summed E-state index contributed by atoms with van der Waals surface area (Å²) in [7, 11) is 0. The molecule has 4 heteroatoms. The predicted molar refractivity (Wildman–Crippen MR) is 61.9 cm³/mol. The molecule has 0 aromatic heterocycles. The van der Waals surface area contributed by atoms with Gasteiger partial charge in [-0.3, -0.25) is 0 Å². The number of rotatable bonds is 4. The molecule has 0 spiro atoms. The van der Waals surface area contributed by atoms with Crippen LogP contribution < -0.4 is 4.74 Å². The minimum absolute atomic E-state index is 0.00434. The molecule has 84 valence electrons. The van der Waals surface area contributed by atoms with Crippen LogP contribution in [-0.4, -0.2) is 22.4 Å². The van der Waals surface area contributed by atoms with E-state index < -0.39 is 5.60 Å². The van der Waals surface area contributed by atoms with Gasteiger partial charge in [-0.1, -0.05) is 6.07 Å². The summed E-state index contributed by atoms with van der Waals surface area (Å²) < 4.78 is 6.20. The van der Waals surface area contributed by atoms with Gasteiger partial charge < -0.3 is 14.9 Å². The predicted octanol–water partition coefficient (Wildman–Crippen LogP) is 2.09. The average Bonchev–Trinajstić information content (AvgIpc) is 2.14. The van der Waals surface area contributed by atoms with Crippen molar-refractivity contribution in [1.82, 2.24) is 0 Å². The van der Waals surface area contributed by atoms with Crippen molar-refractivity contribution in [3.63, 3.8) is 0 Å². The van der Waals surface area contributed by atoms with Crippen LogP contribution in [0.2, 0.25) is 0 Å². The van der Waals surface area contributed by atoms with Gasteiger partial charge in [0.2, 0.25) is 0 Å². The van der Waals surface area contributed by atoms with E-state index in [4.69, 9.17) is 9.84 Å². The number of hydrogen-bond donors (Lipinski definition) is 2. The van der Waals surface area contributed by atoms with Crippen LogP contribution in [0.4, 0.5) is 0 Å². The first-order valence-corrected chi connectivity index (χ1v) is 5.46. The maximum absolute atomic E-state index is 9.49. The SMILES string of the molecule is CC(C)(O)COc1ccc(CO)cc1Br. The fraction of sp³-hybridized carbons (Fsp3) is 0.455. The molecule has 0 fully saturated rings. The van der Waals surface area contributed by atoms with Gasteiger partial charge in [-0.05, 0) is 47.5 Å². The first-order valence-electron chi connectivity index (χ1n) is 4.67. The van der Waals surface area contributed by atoms with Crippen LogP contribution in [0.3, 0.4) is 0 Å². The third-order valence-corrected chi connectivity index (χ3v) is 2.38. The molecule has 0 aliphatic carbocycles. The average molecular weight is 275 g/mol. The van der Waals surface area contributed by atoms with Crippen molar-refractivity contribution in [3.05, 3.63) is 28.2 Å². The van der Waals surface area contributed by atoms with Gasteiger partial charge in [0.05, 0.1) is 16.7 Å². The minimum atomic E-state index is -0.852. The summed E-state index contributed by atoms with van der Waals surface area (Å²) >= 11 is 3.34. The summed E-state index contributed by atoms with van der Waals surface area (Å²) in [5.74, 6) is 0.661. The molecule has 15 heavy (non-hydrogen) atoms. The zero-order valence-electron chi connectivity index (χ0n) is 8.83. The van der Waals surface area contributed by atoms with Crippen LogP contribution in [-0.2, 0) is 6.61 Å². The monoisotopic (exact) mass is 274 g/mol. The molecule has 0 saturated carbocycles. The lowest BCUT2D eigenvalue weighted by atomic mass is 10.1. The van der Waals surface area contributed by atoms with Crippen molar-refractivity contribution in [1.29, 1.82) is 0 Å². The highest BCUT2D eigenvalue weighted by Gasteiger charge is 2.14. The van der Waals surface area contributed by atoms with Crippen LogP contribution in [0, 0.1) is 0 Å². The molecule has 1 rings (SSSR count). The van der Waals surface area contributed by atoms with Gasteiger partial charge >= 0.3 is 0 Å². The molecule has 2 N–H and O–H groups in total. The molecular weight excluding hydrogens is 260 g/mol. The fourth-order valence-electron chi connectivity index (χ4n) is 1.01. The molecule has 0 aliphatic rings. The molecule has 0 amide bonds. The minimum Gasteiger partial charge on any atom is -0.489 e. The van der Waals surface area contributed by atoms with E-state index in [1.165, 1.54) is 0 Å². The van der Waals surface area contributed by atoms with Crippen molar-refractivity contribution in [2.75, 3.05) is 6.61 Å². The molecule has 0 aliphatic heterocycles. The van der Waals surface area contributed by atoms with Crippen LogP contribution in [0.5, 0.6) is 5.75 Å². The van der Waals surface area contributed by atoms with E-state index >= 15 is 0 Å². The van der Waals surface area contributed by atoms with Gasteiger partial charge in [-0.15, -0.1) is 0 Å². The van der Waals surface area contributed by atoms with E-state index in [0.29, 0.717) is 5.75 Å². The Morgan fingerprint density at radius 1 is 1.40 bits per heavy atom. The summed E-state index contributed by atoms with van der Waals surface area (Å²) in [4.78, 5) is 0. The maximum atomic E-state index is 9.49. The number of aliphatic hydroxyl groups excluding tert-OH is 1.